The number of hydrogen-bond acceptors (Lipinski definition) is 7. The van der Waals surface area contributed by atoms with Crippen molar-refractivity contribution in [3.63, 3.8) is 0 Å². The summed E-state index contributed by atoms with van der Waals surface area (Å²) >= 11 is 0. The fourth-order valence-corrected chi connectivity index (χ4v) is 2.43. The first kappa shape index (κ1) is 21.4. The van der Waals surface area contributed by atoms with Crippen molar-refractivity contribution in [2.75, 3.05) is 36.2 Å². The molecule has 0 fully saturated rings. The molecule has 2 N–H and O–H groups in total. The molecule has 2 amide bonds. The van der Waals surface area contributed by atoms with Crippen LogP contribution < -0.4 is 15.5 Å². The molecule has 2 aromatic rings. The summed E-state index contributed by atoms with van der Waals surface area (Å²) < 4.78 is 4.93. The van der Waals surface area contributed by atoms with Gasteiger partial charge in [-0.25, -0.2) is 4.79 Å². The summed E-state index contributed by atoms with van der Waals surface area (Å²) in [6.07, 6.45) is 0. The van der Waals surface area contributed by atoms with E-state index in [2.05, 4.69) is 10.6 Å². The molecule has 0 aliphatic rings. The van der Waals surface area contributed by atoms with E-state index < -0.39 is 23.4 Å². The number of carbonyl (C=O) groups is 3. The Balaban J connectivity index is 1.96. The van der Waals surface area contributed by atoms with Crippen LogP contribution in [-0.4, -0.2) is 43.4 Å². The highest BCUT2D eigenvalue weighted by atomic mass is 16.6. The molecular weight excluding hydrogens is 380 g/mol. The van der Waals surface area contributed by atoms with Crippen LogP contribution in [0.1, 0.15) is 17.3 Å². The van der Waals surface area contributed by atoms with Crippen molar-refractivity contribution in [2.24, 2.45) is 0 Å². The zero-order valence-electron chi connectivity index (χ0n) is 16.1. The van der Waals surface area contributed by atoms with E-state index in [0.29, 0.717) is 17.1 Å². The van der Waals surface area contributed by atoms with Crippen molar-refractivity contribution in [3.05, 3.63) is 58.1 Å². The Morgan fingerprint density at radius 1 is 1.03 bits per heavy atom. The van der Waals surface area contributed by atoms with Crippen LogP contribution in [0.3, 0.4) is 0 Å². The maximum atomic E-state index is 12.1. The van der Waals surface area contributed by atoms with Crippen molar-refractivity contribution in [1.29, 1.82) is 0 Å². The van der Waals surface area contributed by atoms with E-state index in [0.717, 1.165) is 6.07 Å². The van der Waals surface area contributed by atoms with Gasteiger partial charge in [-0.2, -0.15) is 0 Å². The minimum absolute atomic E-state index is 0.0326. The largest absolute Gasteiger partial charge is 0.452 e. The van der Waals surface area contributed by atoms with Crippen LogP contribution in [0.25, 0.3) is 0 Å². The van der Waals surface area contributed by atoms with E-state index in [-0.39, 0.29) is 17.2 Å². The molecule has 0 atom stereocenters. The lowest BCUT2D eigenvalue weighted by atomic mass is 10.1. The van der Waals surface area contributed by atoms with Gasteiger partial charge in [-0.1, -0.05) is 0 Å². The number of esters is 1. The van der Waals surface area contributed by atoms with Crippen LogP contribution in [0, 0.1) is 10.1 Å². The Morgan fingerprint density at radius 2 is 1.62 bits per heavy atom. The van der Waals surface area contributed by atoms with Crippen LogP contribution in [-0.2, 0) is 14.3 Å². The topological polar surface area (TPSA) is 131 Å². The van der Waals surface area contributed by atoms with Gasteiger partial charge in [0.05, 0.1) is 10.5 Å². The van der Waals surface area contributed by atoms with Gasteiger partial charge < -0.3 is 20.3 Å². The summed E-state index contributed by atoms with van der Waals surface area (Å²) in [4.78, 5) is 47.2. The van der Waals surface area contributed by atoms with Crippen molar-refractivity contribution < 1.29 is 24.0 Å². The molecular formula is C19H20N4O6. The Kier molecular flexibility index (Phi) is 6.85. The van der Waals surface area contributed by atoms with Gasteiger partial charge >= 0.3 is 5.97 Å². The van der Waals surface area contributed by atoms with Crippen LogP contribution in [0.4, 0.5) is 22.7 Å². The molecule has 29 heavy (non-hydrogen) atoms. The smallest absolute Gasteiger partial charge is 0.338 e. The van der Waals surface area contributed by atoms with E-state index in [4.69, 9.17) is 4.74 Å². The third-order valence-corrected chi connectivity index (χ3v) is 3.71. The fourth-order valence-electron chi connectivity index (χ4n) is 2.43. The Hall–Kier alpha value is -3.95. The van der Waals surface area contributed by atoms with E-state index in [1.165, 1.54) is 19.1 Å². The number of anilines is 3. The highest BCUT2D eigenvalue weighted by Gasteiger charge is 2.20. The number of amides is 2. The molecule has 0 saturated carbocycles. The zero-order valence-corrected chi connectivity index (χ0v) is 16.1. The molecule has 2 aromatic carbocycles. The molecule has 0 aliphatic heterocycles. The van der Waals surface area contributed by atoms with Crippen molar-refractivity contribution in [1.82, 2.24) is 0 Å². The average molecular weight is 400 g/mol. The summed E-state index contributed by atoms with van der Waals surface area (Å²) in [6, 6.07) is 10.3. The standard InChI is InChI=1S/C19H20N4O6/c1-12(24)20-14-5-7-15(8-6-14)21-18(25)11-29-19(26)13-4-9-16(22(2)3)17(10-13)23(27)28/h4-10H,11H2,1-3H3,(H,20,24)(H,21,25). The first-order valence-corrected chi connectivity index (χ1v) is 8.47. The number of ether oxygens (including phenoxy) is 1. The SMILES string of the molecule is CC(=O)Nc1ccc(NC(=O)COC(=O)c2ccc(N(C)C)c([N+](=O)[O-])c2)cc1. The third-order valence-electron chi connectivity index (χ3n) is 3.71. The van der Waals surface area contributed by atoms with Crippen LogP contribution in [0.5, 0.6) is 0 Å². The molecule has 152 valence electrons. The lowest BCUT2D eigenvalue weighted by Crippen LogP contribution is -2.21. The lowest BCUT2D eigenvalue weighted by molar-refractivity contribution is -0.384. The molecule has 10 nitrogen and oxygen atoms in total. The second kappa shape index (κ2) is 9.31. The number of nitrogens with zero attached hydrogens (tertiary/aromatic N) is 2. The predicted molar refractivity (Wildman–Crippen MR) is 107 cm³/mol. The number of nitro groups is 1. The summed E-state index contributed by atoms with van der Waals surface area (Å²) in [5, 5.41) is 16.3. The van der Waals surface area contributed by atoms with E-state index in [1.807, 2.05) is 0 Å². The molecule has 0 aromatic heterocycles. The Morgan fingerprint density at radius 3 is 2.14 bits per heavy atom. The number of nitro benzene ring substituents is 1. The van der Waals surface area contributed by atoms with Crippen LogP contribution in [0.15, 0.2) is 42.5 Å². The predicted octanol–water partition coefficient (Wildman–Crippen LogP) is 2.41. The maximum Gasteiger partial charge on any atom is 0.338 e. The third kappa shape index (κ3) is 6.03. The minimum Gasteiger partial charge on any atom is -0.452 e. The van der Waals surface area contributed by atoms with E-state index in [1.54, 1.807) is 43.3 Å². The number of rotatable bonds is 7. The monoisotopic (exact) mass is 400 g/mol. The van der Waals surface area contributed by atoms with Gasteiger partial charge in [-0.05, 0) is 36.4 Å². The minimum atomic E-state index is -0.852. The summed E-state index contributed by atoms with van der Waals surface area (Å²) in [5.74, 6) is -1.65. The quantitative estimate of drug-likeness (QED) is 0.414. The summed E-state index contributed by atoms with van der Waals surface area (Å²) in [6.45, 7) is 0.822. The lowest BCUT2D eigenvalue weighted by Gasteiger charge is -2.13. The molecule has 0 bridgehead atoms. The number of benzene rings is 2. The van der Waals surface area contributed by atoms with Gasteiger partial charge in [0.15, 0.2) is 6.61 Å². The van der Waals surface area contributed by atoms with E-state index >= 15 is 0 Å². The molecule has 0 unspecified atom stereocenters. The van der Waals surface area contributed by atoms with Crippen molar-refractivity contribution in [2.45, 2.75) is 6.92 Å². The summed E-state index contributed by atoms with van der Waals surface area (Å²) in [7, 11) is 3.29. The molecule has 0 spiro atoms. The van der Waals surface area contributed by atoms with Gasteiger partial charge in [0.2, 0.25) is 5.91 Å². The van der Waals surface area contributed by atoms with Gasteiger partial charge in [-0.3, -0.25) is 19.7 Å². The fraction of sp³-hybridized carbons (Fsp3) is 0.211. The van der Waals surface area contributed by atoms with Gasteiger partial charge in [0, 0.05) is 38.5 Å². The molecule has 0 aliphatic carbocycles. The first-order chi connectivity index (χ1) is 13.7. The second-order valence-corrected chi connectivity index (χ2v) is 6.24. The first-order valence-electron chi connectivity index (χ1n) is 8.47. The number of nitrogens with one attached hydrogen (secondary N) is 2. The highest BCUT2D eigenvalue weighted by Crippen LogP contribution is 2.28. The number of carbonyl (C=O) groups excluding carboxylic acids is 3. The molecule has 10 heteroatoms. The van der Waals surface area contributed by atoms with Crippen molar-refractivity contribution in [3.8, 4) is 0 Å². The summed E-state index contributed by atoms with van der Waals surface area (Å²) in [5.41, 5.74) is 1.09. The molecule has 0 saturated heterocycles. The second-order valence-electron chi connectivity index (χ2n) is 6.24. The highest BCUT2D eigenvalue weighted by molar-refractivity contribution is 5.96. The van der Waals surface area contributed by atoms with Gasteiger partial charge in [-0.15, -0.1) is 0 Å². The van der Waals surface area contributed by atoms with Crippen LogP contribution in [0.2, 0.25) is 0 Å². The number of hydrogen-bond donors (Lipinski definition) is 2. The van der Waals surface area contributed by atoms with E-state index in [9.17, 15) is 24.5 Å². The van der Waals surface area contributed by atoms with Gasteiger partial charge in [0.1, 0.15) is 5.69 Å². The normalized spacial score (nSPS) is 10.0. The zero-order chi connectivity index (χ0) is 21.6. The molecule has 0 heterocycles. The Labute approximate surface area is 166 Å². The van der Waals surface area contributed by atoms with Crippen molar-refractivity contribution >= 4 is 40.5 Å². The molecule has 2 rings (SSSR count). The average Bonchev–Trinajstić information content (AvgIpc) is 2.66. The van der Waals surface area contributed by atoms with Crippen LogP contribution >= 0.6 is 0 Å². The maximum absolute atomic E-state index is 12.1. The Bertz CT molecular complexity index is 940. The molecule has 0 radical (unpaired) electrons. The van der Waals surface area contributed by atoms with Gasteiger partial charge in [0.25, 0.3) is 11.6 Å².